The van der Waals surface area contributed by atoms with Gasteiger partial charge in [0.2, 0.25) is 0 Å². The molecular weight excluding hydrogens is 181 g/mol. The molecule has 0 saturated heterocycles. The van der Waals surface area contributed by atoms with Crippen molar-refractivity contribution < 1.29 is 4.39 Å². The highest BCUT2D eigenvalue weighted by Gasteiger charge is 2.01. The van der Waals surface area contributed by atoms with Gasteiger partial charge in [-0.25, -0.2) is 4.39 Å². The van der Waals surface area contributed by atoms with Crippen LogP contribution in [0.3, 0.4) is 0 Å². The maximum absolute atomic E-state index is 12.9. The second-order valence-corrected chi connectivity index (χ2v) is 3.45. The van der Waals surface area contributed by atoms with Gasteiger partial charge in [0.05, 0.1) is 4.70 Å². The fourth-order valence-corrected chi connectivity index (χ4v) is 2.06. The number of aromatic amines is 1. The number of pyridine rings is 1. The summed E-state index contributed by atoms with van der Waals surface area (Å²) in [5, 5.41) is 2.44. The van der Waals surface area contributed by atoms with Gasteiger partial charge in [0.1, 0.15) is 10.5 Å². The molecule has 0 spiro atoms. The lowest BCUT2D eigenvalue weighted by Crippen LogP contribution is -1.78. The van der Waals surface area contributed by atoms with E-state index in [9.17, 15) is 4.39 Å². The first-order valence-electron chi connectivity index (χ1n) is 3.03. The average molecular weight is 185 g/mol. The molecule has 0 aromatic carbocycles. The Morgan fingerprint density at radius 3 is 3.09 bits per heavy atom. The Kier molecular flexibility index (Phi) is 1.51. The molecule has 2 heterocycles. The number of H-pyrrole nitrogens is 1. The van der Waals surface area contributed by atoms with E-state index in [0.29, 0.717) is 10.0 Å². The molecule has 0 bridgehead atoms. The number of rotatable bonds is 0. The molecule has 1 nitrogen and oxygen atoms in total. The van der Waals surface area contributed by atoms with Crippen LogP contribution in [0.5, 0.6) is 0 Å². The number of hydrogen-bond acceptors (Lipinski definition) is 2. The van der Waals surface area contributed by atoms with Crippen LogP contribution in [0, 0.1) is 10.5 Å². The van der Waals surface area contributed by atoms with Gasteiger partial charge in [0.25, 0.3) is 0 Å². The number of fused-ring (bicyclic) bond motifs is 1. The van der Waals surface area contributed by atoms with E-state index < -0.39 is 0 Å². The lowest BCUT2D eigenvalue weighted by atomic mass is 10.3. The van der Waals surface area contributed by atoms with Gasteiger partial charge in [-0.15, -0.1) is 11.3 Å². The maximum atomic E-state index is 12.9. The zero-order chi connectivity index (χ0) is 7.84. The first-order chi connectivity index (χ1) is 5.29. The van der Waals surface area contributed by atoms with Crippen LogP contribution in [0.4, 0.5) is 4.39 Å². The number of nitrogens with one attached hydrogen (secondary N) is 1. The Hall–Kier alpha value is -0.740. The third-order valence-corrected chi connectivity index (χ3v) is 2.84. The van der Waals surface area contributed by atoms with Crippen molar-refractivity contribution in [2.75, 3.05) is 0 Å². The standard InChI is InChI=1S/C7H4FNS2/c8-5-3-9-7(10)6-4(5)1-2-11-6/h1-3H,(H,9,10). The van der Waals surface area contributed by atoms with Crippen molar-refractivity contribution in [3.05, 3.63) is 28.1 Å². The summed E-state index contributed by atoms with van der Waals surface area (Å²) in [7, 11) is 0. The lowest BCUT2D eigenvalue weighted by Gasteiger charge is -1.90. The number of thiophene rings is 1. The van der Waals surface area contributed by atoms with E-state index in [1.807, 2.05) is 5.38 Å². The van der Waals surface area contributed by atoms with Gasteiger partial charge in [-0.3, -0.25) is 0 Å². The third-order valence-electron chi connectivity index (χ3n) is 1.46. The van der Waals surface area contributed by atoms with Crippen LogP contribution >= 0.6 is 23.6 Å². The van der Waals surface area contributed by atoms with Crippen LogP contribution in [0.25, 0.3) is 10.1 Å². The average Bonchev–Trinajstić information content (AvgIpc) is 2.45. The molecule has 2 rings (SSSR count). The van der Waals surface area contributed by atoms with E-state index in [4.69, 9.17) is 12.2 Å². The highest BCUT2D eigenvalue weighted by Crippen LogP contribution is 2.22. The van der Waals surface area contributed by atoms with Gasteiger partial charge in [-0.2, -0.15) is 0 Å². The molecule has 0 saturated carbocycles. The highest BCUT2D eigenvalue weighted by atomic mass is 32.1. The van der Waals surface area contributed by atoms with Gasteiger partial charge < -0.3 is 4.98 Å². The fraction of sp³-hybridized carbons (Fsp3) is 0. The van der Waals surface area contributed by atoms with Gasteiger partial charge >= 0.3 is 0 Å². The smallest absolute Gasteiger partial charge is 0.147 e. The molecule has 0 fully saturated rings. The summed E-state index contributed by atoms with van der Waals surface area (Å²) in [5.41, 5.74) is 0. The van der Waals surface area contributed by atoms with E-state index in [1.54, 1.807) is 6.07 Å². The molecular formula is C7H4FNS2. The molecule has 2 aromatic rings. The molecule has 4 heteroatoms. The Morgan fingerprint density at radius 1 is 1.55 bits per heavy atom. The summed E-state index contributed by atoms with van der Waals surface area (Å²) in [6.45, 7) is 0. The summed E-state index contributed by atoms with van der Waals surface area (Å²) >= 11 is 6.41. The third kappa shape index (κ3) is 0.985. The van der Waals surface area contributed by atoms with Gasteiger partial charge in [-0.05, 0) is 11.4 Å². The van der Waals surface area contributed by atoms with Crippen molar-refractivity contribution in [3.63, 3.8) is 0 Å². The largest absolute Gasteiger partial charge is 0.349 e. The van der Waals surface area contributed by atoms with Crippen LogP contribution in [0.15, 0.2) is 17.6 Å². The summed E-state index contributed by atoms with van der Waals surface area (Å²) in [5.74, 6) is -0.241. The Balaban J connectivity index is 3.08. The predicted molar refractivity (Wildman–Crippen MR) is 47.0 cm³/mol. The van der Waals surface area contributed by atoms with E-state index in [2.05, 4.69) is 4.98 Å². The maximum Gasteiger partial charge on any atom is 0.147 e. The number of halogens is 1. The van der Waals surface area contributed by atoms with Crippen molar-refractivity contribution in [3.8, 4) is 0 Å². The minimum absolute atomic E-state index is 0.241. The predicted octanol–water partition coefficient (Wildman–Crippen LogP) is 3.10. The quantitative estimate of drug-likeness (QED) is 0.623. The van der Waals surface area contributed by atoms with Crippen LogP contribution < -0.4 is 0 Å². The summed E-state index contributed by atoms with van der Waals surface area (Å²) < 4.78 is 14.4. The first kappa shape index (κ1) is 6.94. The zero-order valence-electron chi connectivity index (χ0n) is 5.43. The molecule has 0 radical (unpaired) electrons. The Bertz CT molecular complexity index is 443. The van der Waals surface area contributed by atoms with Crippen LogP contribution in [0.1, 0.15) is 0 Å². The minimum atomic E-state index is -0.241. The monoisotopic (exact) mass is 185 g/mol. The van der Waals surface area contributed by atoms with E-state index in [-0.39, 0.29) is 5.82 Å². The zero-order valence-corrected chi connectivity index (χ0v) is 7.06. The molecule has 0 unspecified atom stereocenters. The summed E-state index contributed by atoms with van der Waals surface area (Å²) in [6, 6.07) is 1.74. The Labute approximate surface area is 71.5 Å². The number of hydrogen-bond donors (Lipinski definition) is 1. The topological polar surface area (TPSA) is 15.8 Å². The lowest BCUT2D eigenvalue weighted by molar-refractivity contribution is 0.634. The van der Waals surface area contributed by atoms with E-state index >= 15 is 0 Å². The van der Waals surface area contributed by atoms with Gasteiger partial charge in [0.15, 0.2) is 0 Å². The second kappa shape index (κ2) is 2.39. The van der Waals surface area contributed by atoms with Crippen LogP contribution in [-0.2, 0) is 0 Å². The van der Waals surface area contributed by atoms with E-state index in [0.717, 1.165) is 4.70 Å². The minimum Gasteiger partial charge on any atom is -0.349 e. The molecule has 2 aromatic heterocycles. The molecule has 11 heavy (non-hydrogen) atoms. The molecule has 0 atom stereocenters. The molecule has 0 aliphatic carbocycles. The van der Waals surface area contributed by atoms with Crippen molar-refractivity contribution >= 4 is 33.6 Å². The molecule has 0 aliphatic rings. The van der Waals surface area contributed by atoms with Crippen molar-refractivity contribution in [2.45, 2.75) is 0 Å². The van der Waals surface area contributed by atoms with Gasteiger partial charge in [0, 0.05) is 11.6 Å². The SMILES string of the molecule is Fc1c[nH]c(=S)c2sccc12. The van der Waals surface area contributed by atoms with Gasteiger partial charge in [-0.1, -0.05) is 12.2 Å². The van der Waals surface area contributed by atoms with Crippen LogP contribution in [0.2, 0.25) is 0 Å². The van der Waals surface area contributed by atoms with Crippen molar-refractivity contribution in [1.29, 1.82) is 0 Å². The highest BCUT2D eigenvalue weighted by molar-refractivity contribution is 7.71. The van der Waals surface area contributed by atoms with Crippen molar-refractivity contribution in [1.82, 2.24) is 4.98 Å². The van der Waals surface area contributed by atoms with E-state index in [1.165, 1.54) is 17.5 Å². The van der Waals surface area contributed by atoms with Crippen molar-refractivity contribution in [2.24, 2.45) is 0 Å². The fourth-order valence-electron chi connectivity index (χ4n) is 0.945. The first-order valence-corrected chi connectivity index (χ1v) is 4.32. The molecule has 0 aliphatic heterocycles. The molecule has 0 amide bonds. The molecule has 56 valence electrons. The normalized spacial score (nSPS) is 10.6. The summed E-state index contributed by atoms with van der Waals surface area (Å²) in [4.78, 5) is 2.68. The molecule has 1 N–H and O–H groups in total. The summed E-state index contributed by atoms with van der Waals surface area (Å²) in [6.07, 6.45) is 1.29. The Morgan fingerprint density at radius 2 is 2.36 bits per heavy atom. The number of aromatic nitrogens is 1. The van der Waals surface area contributed by atoms with Crippen LogP contribution in [-0.4, -0.2) is 4.98 Å². The second-order valence-electron chi connectivity index (χ2n) is 2.13.